The van der Waals surface area contributed by atoms with E-state index in [0.29, 0.717) is 11.7 Å². The molecule has 0 unspecified atom stereocenters. The zero-order valence-electron chi connectivity index (χ0n) is 11.1. The predicted molar refractivity (Wildman–Crippen MR) is 85.7 cm³/mol. The van der Waals surface area contributed by atoms with E-state index in [9.17, 15) is 0 Å². The van der Waals surface area contributed by atoms with Crippen LogP contribution in [-0.2, 0) is 13.0 Å². The van der Waals surface area contributed by atoms with Crippen LogP contribution in [0.4, 0.5) is 0 Å². The average molecular weight is 343 g/mol. The third-order valence-electron chi connectivity index (χ3n) is 3.08. The van der Waals surface area contributed by atoms with Crippen molar-refractivity contribution < 1.29 is 4.74 Å². The van der Waals surface area contributed by atoms with Crippen LogP contribution < -0.4 is 15.4 Å². The summed E-state index contributed by atoms with van der Waals surface area (Å²) in [5, 5.41) is 7.15. The van der Waals surface area contributed by atoms with Gasteiger partial charge in [0, 0.05) is 29.5 Å². The van der Waals surface area contributed by atoms with Crippen LogP contribution in [0.3, 0.4) is 0 Å². The molecule has 0 saturated heterocycles. The summed E-state index contributed by atoms with van der Waals surface area (Å²) in [4.78, 5) is 0. The number of unbranched alkanes of at least 4 members (excludes halogenated alkanes) is 1. The number of nitrogens with one attached hydrogen (secondary N) is 2. The molecule has 0 aliphatic carbocycles. The molecule has 2 rings (SSSR count). The zero-order chi connectivity index (χ0) is 13.7. The largest absolute Gasteiger partial charge is 0.493 e. The van der Waals surface area contributed by atoms with Crippen LogP contribution in [-0.4, -0.2) is 18.3 Å². The summed E-state index contributed by atoms with van der Waals surface area (Å²) < 4.78 is 6.79. The van der Waals surface area contributed by atoms with E-state index in [1.807, 2.05) is 0 Å². The second-order valence-electron chi connectivity index (χ2n) is 4.61. The second kappa shape index (κ2) is 7.10. The summed E-state index contributed by atoms with van der Waals surface area (Å²) in [6.45, 7) is 4.56. The first kappa shape index (κ1) is 14.6. The van der Waals surface area contributed by atoms with Crippen molar-refractivity contribution in [2.24, 2.45) is 0 Å². The first-order valence-corrected chi connectivity index (χ1v) is 7.86. The molecule has 1 aliphatic rings. The smallest absolute Gasteiger partial charge is 0.166 e. The highest BCUT2D eigenvalue weighted by molar-refractivity contribution is 9.10. The normalized spacial score (nSPS) is 12.7. The van der Waals surface area contributed by atoms with Gasteiger partial charge in [-0.15, -0.1) is 0 Å². The minimum Gasteiger partial charge on any atom is -0.493 e. The van der Waals surface area contributed by atoms with Crippen molar-refractivity contribution in [1.29, 1.82) is 0 Å². The number of benzene rings is 1. The molecule has 0 aromatic heterocycles. The molecule has 19 heavy (non-hydrogen) atoms. The number of halogens is 1. The van der Waals surface area contributed by atoms with Gasteiger partial charge in [0.05, 0.1) is 6.61 Å². The fraction of sp³-hybridized carbons (Fsp3) is 0.500. The van der Waals surface area contributed by atoms with Crippen LogP contribution in [0.25, 0.3) is 0 Å². The molecule has 1 heterocycles. The monoisotopic (exact) mass is 342 g/mol. The van der Waals surface area contributed by atoms with Gasteiger partial charge < -0.3 is 15.4 Å². The number of fused-ring (bicyclic) bond motifs is 1. The van der Waals surface area contributed by atoms with Gasteiger partial charge in [-0.25, -0.2) is 0 Å². The Labute approximate surface area is 128 Å². The summed E-state index contributed by atoms with van der Waals surface area (Å²) in [5.41, 5.74) is 2.43. The maximum absolute atomic E-state index is 5.69. The van der Waals surface area contributed by atoms with Crippen LogP contribution >= 0.6 is 28.1 Å². The topological polar surface area (TPSA) is 33.3 Å². The first-order valence-electron chi connectivity index (χ1n) is 6.66. The third-order valence-corrected chi connectivity index (χ3v) is 3.83. The second-order valence-corrected chi connectivity index (χ2v) is 5.94. The first-order chi connectivity index (χ1) is 9.20. The molecular weight excluding hydrogens is 324 g/mol. The Morgan fingerprint density at radius 2 is 2.26 bits per heavy atom. The lowest BCUT2D eigenvalue weighted by Gasteiger charge is -2.13. The molecule has 0 spiro atoms. The molecule has 0 bridgehead atoms. The van der Waals surface area contributed by atoms with E-state index < -0.39 is 0 Å². The summed E-state index contributed by atoms with van der Waals surface area (Å²) in [7, 11) is 0. The van der Waals surface area contributed by atoms with Gasteiger partial charge >= 0.3 is 0 Å². The van der Waals surface area contributed by atoms with Gasteiger partial charge in [-0.2, -0.15) is 0 Å². The minimum atomic E-state index is 0.694. The molecule has 0 radical (unpaired) electrons. The lowest BCUT2D eigenvalue weighted by molar-refractivity contribution is 0.353. The van der Waals surface area contributed by atoms with Crippen LogP contribution in [0, 0.1) is 0 Å². The predicted octanol–water partition coefficient (Wildman–Crippen LogP) is 3.15. The summed E-state index contributed by atoms with van der Waals surface area (Å²) in [6.07, 6.45) is 3.29. The summed E-state index contributed by atoms with van der Waals surface area (Å²) >= 11 is 8.79. The van der Waals surface area contributed by atoms with Crippen LogP contribution in [0.1, 0.15) is 30.9 Å². The van der Waals surface area contributed by atoms with Crippen molar-refractivity contribution in [2.75, 3.05) is 13.2 Å². The minimum absolute atomic E-state index is 0.694. The van der Waals surface area contributed by atoms with E-state index in [0.717, 1.165) is 41.8 Å². The molecule has 104 valence electrons. The lowest BCUT2D eigenvalue weighted by atomic mass is 10.1. The summed E-state index contributed by atoms with van der Waals surface area (Å²) in [5.74, 6) is 1.02. The Hall–Kier alpha value is -0.810. The van der Waals surface area contributed by atoms with Crippen molar-refractivity contribution in [2.45, 2.75) is 32.7 Å². The van der Waals surface area contributed by atoms with Gasteiger partial charge in [-0.05, 0) is 36.3 Å². The molecule has 2 N–H and O–H groups in total. The Bertz CT molecular complexity index is 465. The number of rotatable bonds is 5. The number of ether oxygens (including phenoxy) is 1. The molecule has 1 aromatic rings. The van der Waals surface area contributed by atoms with Crippen LogP contribution in [0.2, 0.25) is 0 Å². The van der Waals surface area contributed by atoms with Crippen molar-refractivity contribution in [1.82, 2.24) is 10.6 Å². The molecule has 3 nitrogen and oxygen atoms in total. The van der Waals surface area contributed by atoms with E-state index in [2.05, 4.69) is 45.6 Å². The SMILES string of the molecule is CCCCNC(=S)NCc1cc(Br)cc2c1OCC2. The fourth-order valence-corrected chi connectivity index (χ4v) is 2.82. The van der Waals surface area contributed by atoms with Gasteiger partial charge in [0.1, 0.15) is 5.75 Å². The molecule has 0 atom stereocenters. The number of hydrogen-bond acceptors (Lipinski definition) is 2. The average Bonchev–Trinajstić information content (AvgIpc) is 2.84. The summed E-state index contributed by atoms with van der Waals surface area (Å²) in [6, 6.07) is 4.22. The molecule has 0 amide bonds. The molecule has 5 heteroatoms. The molecular formula is C14H19BrN2OS. The van der Waals surface area contributed by atoms with Crippen molar-refractivity contribution >= 4 is 33.3 Å². The van der Waals surface area contributed by atoms with Gasteiger partial charge in [-0.1, -0.05) is 29.3 Å². The Balaban J connectivity index is 1.91. The van der Waals surface area contributed by atoms with Crippen molar-refractivity contribution in [3.63, 3.8) is 0 Å². The Morgan fingerprint density at radius 3 is 3.05 bits per heavy atom. The maximum Gasteiger partial charge on any atom is 0.166 e. The maximum atomic E-state index is 5.69. The van der Waals surface area contributed by atoms with E-state index in [-0.39, 0.29) is 0 Å². The van der Waals surface area contributed by atoms with Crippen LogP contribution in [0.15, 0.2) is 16.6 Å². The fourth-order valence-electron chi connectivity index (χ4n) is 2.09. The van der Waals surface area contributed by atoms with E-state index >= 15 is 0 Å². The third kappa shape index (κ3) is 4.08. The lowest BCUT2D eigenvalue weighted by Crippen LogP contribution is -2.35. The number of thiocarbonyl (C=S) groups is 1. The number of hydrogen-bond donors (Lipinski definition) is 2. The molecule has 0 fully saturated rings. The van der Waals surface area contributed by atoms with E-state index in [1.165, 1.54) is 12.0 Å². The Morgan fingerprint density at radius 1 is 1.42 bits per heavy atom. The Kier molecular flexibility index (Phi) is 5.45. The van der Waals surface area contributed by atoms with E-state index in [4.69, 9.17) is 17.0 Å². The highest BCUT2D eigenvalue weighted by Crippen LogP contribution is 2.32. The van der Waals surface area contributed by atoms with Gasteiger partial charge in [-0.3, -0.25) is 0 Å². The van der Waals surface area contributed by atoms with Gasteiger partial charge in [0.25, 0.3) is 0 Å². The molecule has 1 aliphatic heterocycles. The van der Waals surface area contributed by atoms with Crippen LogP contribution in [0.5, 0.6) is 5.75 Å². The highest BCUT2D eigenvalue weighted by atomic mass is 79.9. The quantitative estimate of drug-likeness (QED) is 0.636. The zero-order valence-corrected chi connectivity index (χ0v) is 13.5. The molecule has 0 saturated carbocycles. The van der Waals surface area contributed by atoms with Crippen molar-refractivity contribution in [3.8, 4) is 5.75 Å². The van der Waals surface area contributed by atoms with Crippen molar-refractivity contribution in [3.05, 3.63) is 27.7 Å². The van der Waals surface area contributed by atoms with Gasteiger partial charge in [0.15, 0.2) is 5.11 Å². The highest BCUT2D eigenvalue weighted by Gasteiger charge is 2.17. The standard InChI is InChI=1S/C14H19BrN2OS/c1-2-3-5-16-14(19)17-9-11-8-12(15)7-10-4-6-18-13(10)11/h7-8H,2-6,9H2,1H3,(H2,16,17,19). The molecule has 1 aromatic carbocycles. The van der Waals surface area contributed by atoms with Gasteiger partial charge in [0.2, 0.25) is 0 Å². The van der Waals surface area contributed by atoms with E-state index in [1.54, 1.807) is 0 Å².